The van der Waals surface area contributed by atoms with Crippen molar-refractivity contribution in [2.75, 3.05) is 13.2 Å². The summed E-state index contributed by atoms with van der Waals surface area (Å²) in [6.07, 6.45) is 0. The molecule has 0 heterocycles. The Balaban J connectivity index is 0.00000288. The van der Waals surface area contributed by atoms with Gasteiger partial charge < -0.3 is 14.8 Å². The molecule has 2 aromatic rings. The molecule has 24 heavy (non-hydrogen) atoms. The van der Waals surface area contributed by atoms with Crippen LogP contribution in [-0.4, -0.2) is 13.2 Å². The molecular formula is C18H22BrCl2NO2. The normalized spacial score (nSPS) is 10.2. The van der Waals surface area contributed by atoms with E-state index in [9.17, 15) is 0 Å². The van der Waals surface area contributed by atoms with Gasteiger partial charge in [0, 0.05) is 18.1 Å². The molecule has 0 amide bonds. The molecule has 0 aliphatic carbocycles. The van der Waals surface area contributed by atoms with Crippen molar-refractivity contribution in [1.82, 2.24) is 5.32 Å². The SMILES string of the molecule is CCOc1cc(CNCc2ccccc2Cl)cc(Br)c1OCC.Cl. The van der Waals surface area contributed by atoms with E-state index in [1.165, 1.54) is 0 Å². The van der Waals surface area contributed by atoms with Crippen molar-refractivity contribution in [3.8, 4) is 11.5 Å². The van der Waals surface area contributed by atoms with Gasteiger partial charge in [-0.25, -0.2) is 0 Å². The molecule has 3 nitrogen and oxygen atoms in total. The summed E-state index contributed by atoms with van der Waals surface area (Å²) in [4.78, 5) is 0. The van der Waals surface area contributed by atoms with E-state index < -0.39 is 0 Å². The van der Waals surface area contributed by atoms with Gasteiger partial charge in [0.2, 0.25) is 0 Å². The summed E-state index contributed by atoms with van der Waals surface area (Å²) in [5, 5.41) is 4.19. The zero-order chi connectivity index (χ0) is 16.7. The van der Waals surface area contributed by atoms with Gasteiger partial charge in [-0.15, -0.1) is 12.4 Å². The Morgan fingerprint density at radius 1 is 1.04 bits per heavy atom. The van der Waals surface area contributed by atoms with Crippen LogP contribution in [0.2, 0.25) is 5.02 Å². The van der Waals surface area contributed by atoms with Gasteiger partial charge in [-0.05, 0) is 59.1 Å². The van der Waals surface area contributed by atoms with Crippen LogP contribution >= 0.6 is 39.9 Å². The predicted octanol–water partition coefficient (Wildman–Crippen LogP) is 5.61. The Labute approximate surface area is 163 Å². The van der Waals surface area contributed by atoms with Gasteiger partial charge in [0.15, 0.2) is 11.5 Å². The Hall–Kier alpha value is -0.940. The summed E-state index contributed by atoms with van der Waals surface area (Å²) in [6.45, 7) is 6.56. The molecule has 0 saturated carbocycles. The van der Waals surface area contributed by atoms with Crippen molar-refractivity contribution in [1.29, 1.82) is 0 Å². The van der Waals surface area contributed by atoms with E-state index >= 15 is 0 Å². The highest BCUT2D eigenvalue weighted by molar-refractivity contribution is 9.10. The summed E-state index contributed by atoms with van der Waals surface area (Å²) in [7, 11) is 0. The van der Waals surface area contributed by atoms with Crippen molar-refractivity contribution >= 4 is 39.9 Å². The van der Waals surface area contributed by atoms with E-state index in [0.29, 0.717) is 19.8 Å². The first kappa shape index (κ1) is 21.1. The van der Waals surface area contributed by atoms with E-state index in [2.05, 4.69) is 21.2 Å². The van der Waals surface area contributed by atoms with Crippen molar-refractivity contribution in [3.05, 3.63) is 57.0 Å². The molecule has 0 aliphatic heterocycles. The number of halogens is 3. The van der Waals surface area contributed by atoms with Crippen LogP contribution in [0, 0.1) is 0 Å². The molecule has 0 unspecified atom stereocenters. The third-order valence-corrected chi connectivity index (χ3v) is 4.22. The molecule has 2 aromatic carbocycles. The fourth-order valence-electron chi connectivity index (χ4n) is 2.25. The zero-order valence-electron chi connectivity index (χ0n) is 13.8. The van der Waals surface area contributed by atoms with E-state index in [-0.39, 0.29) is 12.4 Å². The quantitative estimate of drug-likeness (QED) is 0.585. The lowest BCUT2D eigenvalue weighted by molar-refractivity contribution is 0.286. The van der Waals surface area contributed by atoms with Gasteiger partial charge in [0.05, 0.1) is 17.7 Å². The zero-order valence-corrected chi connectivity index (χ0v) is 16.9. The maximum Gasteiger partial charge on any atom is 0.175 e. The van der Waals surface area contributed by atoms with Gasteiger partial charge in [0.1, 0.15) is 0 Å². The predicted molar refractivity (Wildman–Crippen MR) is 106 cm³/mol. The molecule has 2 rings (SSSR count). The molecular weight excluding hydrogens is 413 g/mol. The fraction of sp³-hybridized carbons (Fsp3) is 0.333. The van der Waals surface area contributed by atoms with Gasteiger partial charge in [-0.1, -0.05) is 29.8 Å². The number of ether oxygens (including phenoxy) is 2. The summed E-state index contributed by atoms with van der Waals surface area (Å²) < 4.78 is 12.2. The maximum absolute atomic E-state index is 6.17. The number of hydrogen-bond acceptors (Lipinski definition) is 3. The van der Waals surface area contributed by atoms with Crippen LogP contribution in [0.3, 0.4) is 0 Å². The first-order valence-corrected chi connectivity index (χ1v) is 8.85. The van der Waals surface area contributed by atoms with Crippen LogP contribution in [0.25, 0.3) is 0 Å². The average Bonchev–Trinajstić information content (AvgIpc) is 2.53. The number of benzene rings is 2. The molecule has 0 aliphatic rings. The van der Waals surface area contributed by atoms with Crippen molar-refractivity contribution in [2.45, 2.75) is 26.9 Å². The second-order valence-electron chi connectivity index (χ2n) is 4.97. The van der Waals surface area contributed by atoms with Crippen molar-refractivity contribution in [2.24, 2.45) is 0 Å². The van der Waals surface area contributed by atoms with E-state index in [0.717, 1.165) is 38.7 Å². The Morgan fingerprint density at radius 3 is 2.42 bits per heavy atom. The maximum atomic E-state index is 6.17. The first-order chi connectivity index (χ1) is 11.2. The molecule has 1 N–H and O–H groups in total. The summed E-state index contributed by atoms with van der Waals surface area (Å²) in [5.41, 5.74) is 2.21. The number of hydrogen-bond donors (Lipinski definition) is 1. The molecule has 132 valence electrons. The smallest absolute Gasteiger partial charge is 0.175 e. The first-order valence-electron chi connectivity index (χ1n) is 7.67. The topological polar surface area (TPSA) is 30.5 Å². The van der Waals surface area contributed by atoms with Crippen LogP contribution in [-0.2, 0) is 13.1 Å². The molecule has 0 bridgehead atoms. The second-order valence-corrected chi connectivity index (χ2v) is 6.23. The van der Waals surface area contributed by atoms with Crippen LogP contribution < -0.4 is 14.8 Å². The van der Waals surface area contributed by atoms with Gasteiger partial charge in [-0.2, -0.15) is 0 Å². The van der Waals surface area contributed by atoms with Crippen LogP contribution in [0.15, 0.2) is 40.9 Å². The number of rotatable bonds is 8. The van der Waals surface area contributed by atoms with E-state index in [1.807, 2.05) is 50.2 Å². The van der Waals surface area contributed by atoms with Gasteiger partial charge >= 0.3 is 0 Å². The Kier molecular flexibility index (Phi) is 9.52. The lowest BCUT2D eigenvalue weighted by Gasteiger charge is -2.15. The molecule has 0 radical (unpaired) electrons. The van der Waals surface area contributed by atoms with Crippen LogP contribution in [0.1, 0.15) is 25.0 Å². The highest BCUT2D eigenvalue weighted by Crippen LogP contribution is 2.37. The molecule has 6 heteroatoms. The fourth-order valence-corrected chi connectivity index (χ4v) is 3.06. The highest BCUT2D eigenvalue weighted by Gasteiger charge is 2.11. The largest absolute Gasteiger partial charge is 0.490 e. The van der Waals surface area contributed by atoms with E-state index in [4.69, 9.17) is 21.1 Å². The van der Waals surface area contributed by atoms with Gasteiger partial charge in [-0.3, -0.25) is 0 Å². The minimum absolute atomic E-state index is 0. The standard InChI is InChI=1S/C18H21BrClNO2.ClH/c1-3-22-17-10-13(9-15(19)18(17)23-4-2)11-21-12-14-7-5-6-8-16(14)20;/h5-10,21H,3-4,11-12H2,1-2H3;1H. The summed E-state index contributed by atoms with van der Waals surface area (Å²) in [6, 6.07) is 11.9. The Bertz CT molecular complexity index is 653. The lowest BCUT2D eigenvalue weighted by atomic mass is 10.2. The van der Waals surface area contributed by atoms with E-state index in [1.54, 1.807) is 0 Å². The molecule has 0 saturated heterocycles. The van der Waals surface area contributed by atoms with Crippen LogP contribution in [0.5, 0.6) is 11.5 Å². The lowest BCUT2D eigenvalue weighted by Crippen LogP contribution is -2.13. The van der Waals surface area contributed by atoms with Crippen LogP contribution in [0.4, 0.5) is 0 Å². The van der Waals surface area contributed by atoms with Gasteiger partial charge in [0.25, 0.3) is 0 Å². The monoisotopic (exact) mass is 433 g/mol. The Morgan fingerprint density at radius 2 is 1.75 bits per heavy atom. The molecule has 0 fully saturated rings. The number of nitrogens with one attached hydrogen (secondary N) is 1. The molecule has 0 atom stereocenters. The second kappa shape index (κ2) is 10.8. The molecule has 0 aromatic heterocycles. The minimum atomic E-state index is 0. The minimum Gasteiger partial charge on any atom is -0.490 e. The summed E-state index contributed by atoms with van der Waals surface area (Å²) >= 11 is 9.73. The van der Waals surface area contributed by atoms with Crippen molar-refractivity contribution < 1.29 is 9.47 Å². The molecule has 0 spiro atoms. The third-order valence-electron chi connectivity index (χ3n) is 3.26. The summed E-state index contributed by atoms with van der Waals surface area (Å²) in [5.74, 6) is 1.52. The highest BCUT2D eigenvalue weighted by atomic mass is 79.9. The third kappa shape index (κ3) is 5.85. The van der Waals surface area contributed by atoms with Crippen molar-refractivity contribution in [3.63, 3.8) is 0 Å². The average molecular weight is 435 g/mol.